The van der Waals surface area contributed by atoms with Crippen LogP contribution in [0.2, 0.25) is 0 Å². The summed E-state index contributed by atoms with van der Waals surface area (Å²) in [6.45, 7) is 4.39. The molecule has 0 atom stereocenters. The highest BCUT2D eigenvalue weighted by atomic mass is 14.9. The van der Waals surface area contributed by atoms with E-state index in [4.69, 9.17) is 0 Å². The van der Waals surface area contributed by atoms with Gasteiger partial charge in [0.1, 0.15) is 15.7 Å². The molecule has 78 valence electrons. The van der Waals surface area contributed by atoms with Gasteiger partial charge in [-0.25, -0.2) is 0 Å². The lowest BCUT2D eigenvalue weighted by Crippen LogP contribution is -2.20. The molecule has 2 rings (SSSR count). The van der Waals surface area contributed by atoms with Gasteiger partial charge >= 0.3 is 0 Å². The Balaban J connectivity index is 3.26. The summed E-state index contributed by atoms with van der Waals surface area (Å²) in [6.07, 6.45) is 0. The zero-order valence-corrected chi connectivity index (χ0v) is 11.0. The number of aryl methyl sites for hydroxylation is 2. The molecule has 0 spiro atoms. The molecule has 0 aromatic carbocycles. The zero-order valence-electron chi connectivity index (χ0n) is 11.0. The fourth-order valence-electron chi connectivity index (χ4n) is 2.70. The van der Waals surface area contributed by atoms with Gasteiger partial charge in [-0.1, -0.05) is 0 Å². The standard InChI is InChI=1S/C10H16B4N2/c1-5-9-7(3-11)16(14)6(2)10(9)8(4-12)15(5)13/h3-4H,11-14H2,1-2H3/b7-3+,8-4+. The fraction of sp³-hybridized carbons (Fsp3) is 0.200. The van der Waals surface area contributed by atoms with E-state index in [1.807, 2.05) is 0 Å². The van der Waals surface area contributed by atoms with Gasteiger partial charge in [0.25, 0.3) is 0 Å². The average molecular weight is 208 g/mol. The number of rotatable bonds is 0. The SMILES string of the molecule is B/C=c1\c2c(C)n(B)/c(=C/B)c2c(C)n1B. The molecule has 0 aliphatic heterocycles. The molecule has 0 N–H and O–H groups in total. The highest BCUT2D eigenvalue weighted by Crippen LogP contribution is 2.15. The van der Waals surface area contributed by atoms with Crippen molar-refractivity contribution >= 4 is 54.4 Å². The zero-order chi connectivity index (χ0) is 12.0. The molecule has 0 saturated carbocycles. The maximum absolute atomic E-state index is 2.28. The summed E-state index contributed by atoms with van der Waals surface area (Å²) >= 11 is 0. The largest absolute Gasteiger partial charge is 0.397 e. The van der Waals surface area contributed by atoms with Crippen molar-refractivity contribution in [3.8, 4) is 0 Å². The quantitative estimate of drug-likeness (QED) is 0.399. The summed E-state index contributed by atoms with van der Waals surface area (Å²) < 4.78 is 4.56. The summed E-state index contributed by atoms with van der Waals surface area (Å²) in [6, 6.07) is 0. The fourth-order valence-corrected chi connectivity index (χ4v) is 2.70. The van der Waals surface area contributed by atoms with E-state index in [0.717, 1.165) is 0 Å². The average Bonchev–Trinajstić information content (AvgIpc) is 2.66. The lowest BCUT2D eigenvalue weighted by atomic mass is 10.1. The van der Waals surface area contributed by atoms with E-state index in [9.17, 15) is 0 Å². The van der Waals surface area contributed by atoms with Crippen molar-refractivity contribution in [3.63, 3.8) is 0 Å². The third kappa shape index (κ3) is 1.19. The molecule has 2 heterocycles. The number of hydrogen-bond acceptors (Lipinski definition) is 0. The Morgan fingerprint density at radius 2 is 1.12 bits per heavy atom. The van der Waals surface area contributed by atoms with Gasteiger partial charge in [-0.05, 0) is 13.8 Å². The van der Waals surface area contributed by atoms with E-state index in [1.54, 1.807) is 0 Å². The number of aromatic nitrogens is 2. The molecule has 0 saturated heterocycles. The van der Waals surface area contributed by atoms with Crippen LogP contribution in [0.15, 0.2) is 0 Å². The lowest BCUT2D eigenvalue weighted by Gasteiger charge is -2.01. The van der Waals surface area contributed by atoms with Crippen LogP contribution in [0.1, 0.15) is 11.4 Å². The number of hydrogen-bond donors (Lipinski definition) is 0. The Morgan fingerprint density at radius 1 is 0.812 bits per heavy atom. The third-order valence-corrected chi connectivity index (χ3v) is 3.76. The molecule has 0 fully saturated rings. The second-order valence-electron chi connectivity index (χ2n) is 4.39. The highest BCUT2D eigenvalue weighted by molar-refractivity contribution is 6.33. The minimum atomic E-state index is 1.33. The molecule has 2 aromatic heterocycles. The Labute approximate surface area is 99.7 Å². The van der Waals surface area contributed by atoms with Gasteiger partial charge in [-0.2, -0.15) is 0 Å². The normalized spacial score (nSPS) is 14.1. The van der Waals surface area contributed by atoms with Crippen LogP contribution in [0, 0.1) is 13.8 Å². The number of nitrogens with zero attached hydrogens (tertiary/aromatic N) is 2. The van der Waals surface area contributed by atoms with E-state index in [2.05, 4.69) is 66.4 Å². The maximum Gasteiger partial charge on any atom is 0.223 e. The van der Waals surface area contributed by atoms with Gasteiger partial charge < -0.3 is 8.96 Å². The van der Waals surface area contributed by atoms with Crippen molar-refractivity contribution in [1.29, 1.82) is 0 Å². The summed E-state index contributed by atoms with van der Waals surface area (Å²) in [4.78, 5) is 0. The van der Waals surface area contributed by atoms with Crippen molar-refractivity contribution in [2.24, 2.45) is 0 Å². The Bertz CT molecular complexity index is 618. The highest BCUT2D eigenvalue weighted by Gasteiger charge is 2.13. The van der Waals surface area contributed by atoms with Crippen LogP contribution in [0.5, 0.6) is 0 Å². The topological polar surface area (TPSA) is 9.86 Å². The maximum atomic E-state index is 2.28. The first-order chi connectivity index (χ1) is 7.54. The number of fused-ring (bicyclic) bond motifs is 1. The molecule has 0 unspecified atom stereocenters. The van der Waals surface area contributed by atoms with Crippen LogP contribution >= 0.6 is 0 Å². The Hall–Kier alpha value is -1.18. The molecule has 0 amide bonds. The lowest BCUT2D eigenvalue weighted by molar-refractivity contribution is 1.08. The van der Waals surface area contributed by atoms with Crippen LogP contribution in [0.3, 0.4) is 0 Å². The second-order valence-corrected chi connectivity index (χ2v) is 4.39. The van der Waals surface area contributed by atoms with Gasteiger partial charge in [0.15, 0.2) is 0 Å². The monoisotopic (exact) mass is 208 g/mol. The summed E-state index contributed by atoms with van der Waals surface area (Å²) in [5.74, 6) is 4.39. The van der Waals surface area contributed by atoms with Gasteiger partial charge in [-0.3, -0.25) is 0 Å². The van der Waals surface area contributed by atoms with Crippen LogP contribution < -0.4 is 10.7 Å². The van der Waals surface area contributed by atoms with E-state index < -0.39 is 0 Å². The minimum Gasteiger partial charge on any atom is -0.397 e. The second kappa shape index (κ2) is 3.69. The third-order valence-electron chi connectivity index (χ3n) is 3.76. The van der Waals surface area contributed by atoms with Gasteiger partial charge in [-0.15, -0.1) is 12.0 Å². The molecule has 2 aromatic rings. The van der Waals surface area contributed by atoms with Crippen LogP contribution in [-0.4, -0.2) is 40.6 Å². The molecule has 0 radical (unpaired) electrons. The molecule has 0 aliphatic rings. The van der Waals surface area contributed by atoms with E-state index in [-0.39, 0.29) is 0 Å². The molecular weight excluding hydrogens is 191 g/mol. The molecule has 0 aliphatic carbocycles. The van der Waals surface area contributed by atoms with Crippen LogP contribution in [0.4, 0.5) is 0 Å². The van der Waals surface area contributed by atoms with Crippen molar-refractivity contribution in [3.05, 3.63) is 22.1 Å². The predicted octanol–water partition coefficient (Wildman–Crippen LogP) is -3.41. The summed E-state index contributed by atoms with van der Waals surface area (Å²) in [5.41, 5.74) is 2.69. The van der Waals surface area contributed by atoms with E-state index in [1.165, 1.54) is 32.9 Å². The van der Waals surface area contributed by atoms with E-state index >= 15 is 0 Å². The predicted molar refractivity (Wildman–Crippen MR) is 82.6 cm³/mol. The van der Waals surface area contributed by atoms with Crippen molar-refractivity contribution in [2.75, 3.05) is 0 Å². The molecular formula is C10H16B4N2. The molecule has 6 heteroatoms. The van der Waals surface area contributed by atoms with Crippen molar-refractivity contribution in [2.45, 2.75) is 13.8 Å². The minimum absolute atomic E-state index is 1.33. The Morgan fingerprint density at radius 3 is 1.38 bits per heavy atom. The van der Waals surface area contributed by atoms with Gasteiger partial charge in [0.05, 0.1) is 0 Å². The molecule has 0 bridgehead atoms. The van der Waals surface area contributed by atoms with Gasteiger partial charge in [0, 0.05) is 32.9 Å². The van der Waals surface area contributed by atoms with Crippen molar-refractivity contribution in [1.82, 2.24) is 8.96 Å². The summed E-state index contributed by atoms with van der Waals surface area (Å²) in [5, 5.41) is 5.46. The summed E-state index contributed by atoms with van der Waals surface area (Å²) in [7, 11) is 8.50. The Kier molecular flexibility index (Phi) is 2.61. The van der Waals surface area contributed by atoms with E-state index in [0.29, 0.717) is 0 Å². The molecule has 2 nitrogen and oxygen atoms in total. The molecule has 16 heavy (non-hydrogen) atoms. The first-order valence-corrected chi connectivity index (χ1v) is 5.77. The first kappa shape index (κ1) is 11.3. The van der Waals surface area contributed by atoms with Crippen LogP contribution in [0.25, 0.3) is 22.7 Å². The van der Waals surface area contributed by atoms with Gasteiger partial charge in [0.2, 0.25) is 16.0 Å². The van der Waals surface area contributed by atoms with Crippen LogP contribution in [-0.2, 0) is 0 Å². The smallest absolute Gasteiger partial charge is 0.223 e. The van der Waals surface area contributed by atoms with Crippen molar-refractivity contribution < 1.29 is 0 Å². The first-order valence-electron chi connectivity index (χ1n) is 5.77.